The average molecular weight is 174 g/mol. The Labute approximate surface area is 76.1 Å². The molecule has 1 aliphatic rings. The van der Waals surface area contributed by atoms with Gasteiger partial charge >= 0.3 is 6.03 Å². The summed E-state index contributed by atoms with van der Waals surface area (Å²) >= 11 is 0. The molecule has 12 heavy (non-hydrogen) atoms. The lowest BCUT2D eigenvalue weighted by atomic mass is 10.6. The molecule has 0 saturated carbocycles. The minimum atomic E-state index is 0.0417. The zero-order chi connectivity index (χ0) is 9.98. The molecule has 1 saturated heterocycles. The van der Waals surface area contributed by atoms with Crippen LogP contribution in [0, 0.1) is 0 Å². The van der Waals surface area contributed by atoms with Crippen molar-refractivity contribution in [3.8, 4) is 0 Å². The van der Waals surface area contributed by atoms with Gasteiger partial charge in [-0.3, -0.25) is 0 Å². The van der Waals surface area contributed by atoms with E-state index in [4.69, 9.17) is 0 Å². The third-order valence-electron chi connectivity index (χ3n) is 1.07. The van der Waals surface area contributed by atoms with Gasteiger partial charge in [0.1, 0.15) is 0 Å². The first-order chi connectivity index (χ1) is 5.72. The number of nitrogens with zero attached hydrogens (tertiary/aromatic N) is 1. The number of urea groups is 1. The fraction of sp³-hybridized carbons (Fsp3) is 0.889. The Bertz CT molecular complexity index is 105. The van der Waals surface area contributed by atoms with Gasteiger partial charge in [0, 0.05) is 20.1 Å². The van der Waals surface area contributed by atoms with Crippen LogP contribution in [-0.4, -0.2) is 31.1 Å². The molecule has 0 aromatic carbocycles. The summed E-state index contributed by atoms with van der Waals surface area (Å²) in [5.74, 6) is 0. The molecule has 1 fully saturated rings. The standard InChI is InChI=1S/C4H8N2O.C3H8.C2H6/c1-6-3-2-5-4(6)7;1-3-2;1-2/h2-3H2,1H3,(H,5,7);3H2,1-2H3;1-2H3. The van der Waals surface area contributed by atoms with Crippen molar-refractivity contribution in [1.29, 1.82) is 0 Å². The van der Waals surface area contributed by atoms with Crippen molar-refractivity contribution in [1.82, 2.24) is 10.2 Å². The Morgan fingerprint density at radius 3 is 1.92 bits per heavy atom. The van der Waals surface area contributed by atoms with Crippen molar-refractivity contribution in [2.45, 2.75) is 34.1 Å². The van der Waals surface area contributed by atoms with Crippen molar-refractivity contribution in [2.24, 2.45) is 0 Å². The van der Waals surface area contributed by atoms with Gasteiger partial charge in [-0.2, -0.15) is 0 Å². The van der Waals surface area contributed by atoms with Crippen LogP contribution in [0.1, 0.15) is 34.1 Å². The zero-order valence-electron chi connectivity index (χ0n) is 8.98. The van der Waals surface area contributed by atoms with Crippen molar-refractivity contribution in [3.63, 3.8) is 0 Å². The number of nitrogens with one attached hydrogen (secondary N) is 1. The van der Waals surface area contributed by atoms with E-state index in [2.05, 4.69) is 19.2 Å². The monoisotopic (exact) mass is 174 g/mol. The largest absolute Gasteiger partial charge is 0.336 e. The molecule has 0 aliphatic carbocycles. The van der Waals surface area contributed by atoms with Crippen molar-refractivity contribution >= 4 is 6.03 Å². The average Bonchev–Trinajstić information content (AvgIpc) is 2.42. The Kier molecular flexibility index (Phi) is 11.8. The maximum absolute atomic E-state index is 10.4. The molecule has 0 aromatic rings. The van der Waals surface area contributed by atoms with Crippen LogP contribution < -0.4 is 5.32 Å². The van der Waals surface area contributed by atoms with Crippen molar-refractivity contribution in [3.05, 3.63) is 0 Å². The fourth-order valence-corrected chi connectivity index (χ4v) is 0.567. The maximum Gasteiger partial charge on any atom is 0.317 e. The summed E-state index contributed by atoms with van der Waals surface area (Å²) in [4.78, 5) is 12.0. The summed E-state index contributed by atoms with van der Waals surface area (Å²) in [6.45, 7) is 9.90. The number of rotatable bonds is 0. The van der Waals surface area contributed by atoms with E-state index in [0.717, 1.165) is 13.1 Å². The lowest BCUT2D eigenvalue weighted by molar-refractivity contribution is 0.226. The highest BCUT2D eigenvalue weighted by atomic mass is 16.2. The molecule has 74 valence electrons. The summed E-state index contributed by atoms with van der Waals surface area (Å²) in [7, 11) is 1.78. The Morgan fingerprint density at radius 2 is 1.83 bits per heavy atom. The number of amides is 2. The van der Waals surface area contributed by atoms with Gasteiger partial charge in [0.2, 0.25) is 0 Å². The van der Waals surface area contributed by atoms with Crippen LogP contribution in [0.4, 0.5) is 4.79 Å². The van der Waals surface area contributed by atoms with Crippen LogP contribution >= 0.6 is 0 Å². The summed E-state index contributed by atoms with van der Waals surface area (Å²) in [5.41, 5.74) is 0. The minimum absolute atomic E-state index is 0.0417. The first-order valence-corrected chi connectivity index (χ1v) is 4.71. The number of carbonyl (C=O) groups excluding carboxylic acids is 1. The quantitative estimate of drug-likeness (QED) is 0.599. The number of hydrogen-bond acceptors (Lipinski definition) is 1. The molecule has 0 spiro atoms. The van der Waals surface area contributed by atoms with E-state index in [0.29, 0.717) is 0 Å². The lowest BCUT2D eigenvalue weighted by Gasteiger charge is -2.01. The van der Waals surface area contributed by atoms with E-state index in [-0.39, 0.29) is 6.03 Å². The molecule has 1 rings (SSSR count). The highest BCUT2D eigenvalue weighted by Crippen LogP contribution is 1.88. The number of carbonyl (C=O) groups is 1. The molecule has 1 aliphatic heterocycles. The summed E-state index contributed by atoms with van der Waals surface area (Å²) < 4.78 is 0. The normalized spacial score (nSPS) is 13.8. The van der Waals surface area contributed by atoms with Crippen molar-refractivity contribution in [2.75, 3.05) is 20.1 Å². The third-order valence-corrected chi connectivity index (χ3v) is 1.07. The fourth-order valence-electron chi connectivity index (χ4n) is 0.567. The molecule has 1 heterocycles. The molecule has 3 nitrogen and oxygen atoms in total. The SMILES string of the molecule is CC.CCC.CN1CCNC1=O. The number of likely N-dealkylation sites (N-methyl/N-ethyl adjacent to an activating group) is 1. The van der Waals surface area contributed by atoms with E-state index in [1.165, 1.54) is 6.42 Å². The molecular formula is C9H22N2O. The molecule has 0 aromatic heterocycles. The van der Waals surface area contributed by atoms with Gasteiger partial charge < -0.3 is 10.2 Å². The highest BCUT2D eigenvalue weighted by molar-refractivity contribution is 5.75. The third kappa shape index (κ3) is 7.38. The summed E-state index contributed by atoms with van der Waals surface area (Å²) in [6.07, 6.45) is 1.25. The molecule has 1 N–H and O–H groups in total. The second kappa shape index (κ2) is 10.3. The lowest BCUT2D eigenvalue weighted by Crippen LogP contribution is -2.23. The second-order valence-electron chi connectivity index (χ2n) is 2.36. The van der Waals surface area contributed by atoms with E-state index in [9.17, 15) is 4.79 Å². The highest BCUT2D eigenvalue weighted by Gasteiger charge is 2.12. The minimum Gasteiger partial charge on any atom is -0.336 e. The molecule has 3 heteroatoms. The molecule has 0 radical (unpaired) electrons. The molecular weight excluding hydrogens is 152 g/mol. The Balaban J connectivity index is 0. The van der Waals surface area contributed by atoms with Gasteiger partial charge in [-0.1, -0.05) is 34.1 Å². The van der Waals surface area contributed by atoms with Crippen LogP contribution in [0.5, 0.6) is 0 Å². The van der Waals surface area contributed by atoms with Crippen LogP contribution in [0.3, 0.4) is 0 Å². The van der Waals surface area contributed by atoms with Gasteiger partial charge in [0.15, 0.2) is 0 Å². The molecule has 2 amide bonds. The predicted molar refractivity (Wildman–Crippen MR) is 53.3 cm³/mol. The topological polar surface area (TPSA) is 32.3 Å². The van der Waals surface area contributed by atoms with E-state index in [1.807, 2.05) is 13.8 Å². The van der Waals surface area contributed by atoms with E-state index in [1.54, 1.807) is 11.9 Å². The second-order valence-corrected chi connectivity index (χ2v) is 2.36. The predicted octanol–water partition coefficient (Wildman–Crippen LogP) is 2.08. The maximum atomic E-state index is 10.4. The van der Waals surface area contributed by atoms with Gasteiger partial charge in [-0.15, -0.1) is 0 Å². The van der Waals surface area contributed by atoms with Gasteiger partial charge in [-0.05, 0) is 0 Å². The van der Waals surface area contributed by atoms with Crippen LogP contribution in [0.15, 0.2) is 0 Å². The Morgan fingerprint density at radius 1 is 1.42 bits per heavy atom. The summed E-state index contributed by atoms with van der Waals surface area (Å²) in [5, 5.41) is 2.66. The van der Waals surface area contributed by atoms with E-state index >= 15 is 0 Å². The van der Waals surface area contributed by atoms with Crippen LogP contribution in [0.2, 0.25) is 0 Å². The molecule has 0 bridgehead atoms. The molecule has 0 atom stereocenters. The molecule has 0 unspecified atom stereocenters. The first-order valence-electron chi connectivity index (χ1n) is 4.71. The summed E-state index contributed by atoms with van der Waals surface area (Å²) in [6, 6.07) is 0.0417. The van der Waals surface area contributed by atoms with Gasteiger partial charge in [0.05, 0.1) is 0 Å². The van der Waals surface area contributed by atoms with Crippen LogP contribution in [-0.2, 0) is 0 Å². The van der Waals surface area contributed by atoms with Crippen LogP contribution in [0.25, 0.3) is 0 Å². The zero-order valence-corrected chi connectivity index (χ0v) is 8.98. The van der Waals surface area contributed by atoms with Gasteiger partial charge in [0.25, 0.3) is 0 Å². The Hall–Kier alpha value is -0.730. The number of hydrogen-bond donors (Lipinski definition) is 1. The first kappa shape index (κ1) is 13.8. The van der Waals surface area contributed by atoms with E-state index < -0.39 is 0 Å². The smallest absolute Gasteiger partial charge is 0.317 e. The van der Waals surface area contributed by atoms with Gasteiger partial charge in [-0.25, -0.2) is 4.79 Å². The van der Waals surface area contributed by atoms with Crippen molar-refractivity contribution < 1.29 is 4.79 Å².